The van der Waals surface area contributed by atoms with Gasteiger partial charge in [0.15, 0.2) is 0 Å². The fraction of sp³-hybridized carbons (Fsp3) is 0.214. The lowest BCUT2D eigenvalue weighted by atomic mass is 9.98. The van der Waals surface area contributed by atoms with E-state index in [1.54, 1.807) is 0 Å². The van der Waals surface area contributed by atoms with Gasteiger partial charge in [-0.05, 0) is 47.3 Å². The predicted molar refractivity (Wildman–Crippen MR) is 139 cm³/mol. The van der Waals surface area contributed by atoms with Crippen molar-refractivity contribution in [3.8, 4) is 16.9 Å². The molecule has 1 saturated heterocycles. The number of ether oxygens (including phenoxy) is 2. The van der Waals surface area contributed by atoms with E-state index in [9.17, 15) is 18.0 Å². The molecule has 7 nitrogen and oxygen atoms in total. The number of halogens is 3. The normalized spacial score (nSPS) is 14.3. The van der Waals surface area contributed by atoms with Crippen molar-refractivity contribution in [2.75, 3.05) is 36.9 Å². The highest BCUT2D eigenvalue weighted by Gasteiger charge is 2.31. The van der Waals surface area contributed by atoms with E-state index in [0.717, 1.165) is 72.6 Å². The zero-order chi connectivity index (χ0) is 26.5. The summed E-state index contributed by atoms with van der Waals surface area (Å²) in [6.07, 6.45) is -2.91. The van der Waals surface area contributed by atoms with E-state index in [1.807, 2.05) is 48.7 Å². The van der Waals surface area contributed by atoms with Crippen LogP contribution in [0.3, 0.4) is 0 Å². The Labute approximate surface area is 217 Å². The quantitative estimate of drug-likeness (QED) is 0.312. The van der Waals surface area contributed by atoms with Crippen LogP contribution in [0.5, 0.6) is 5.75 Å². The van der Waals surface area contributed by atoms with Crippen LogP contribution in [-0.4, -0.2) is 48.6 Å². The van der Waals surface area contributed by atoms with Gasteiger partial charge in [0, 0.05) is 42.5 Å². The lowest BCUT2D eigenvalue weighted by molar-refractivity contribution is -0.274. The number of nitrogens with one attached hydrogen (secondary N) is 2. The number of carbonyl (C=O) groups is 1. The Hall–Kier alpha value is -4.15. The van der Waals surface area contributed by atoms with E-state index >= 15 is 0 Å². The largest absolute Gasteiger partial charge is 0.573 e. The summed E-state index contributed by atoms with van der Waals surface area (Å²) in [5.41, 5.74) is 3.85. The summed E-state index contributed by atoms with van der Waals surface area (Å²) >= 11 is 0. The molecule has 3 aromatic carbocycles. The van der Waals surface area contributed by atoms with Gasteiger partial charge in [-0.25, -0.2) is 4.79 Å². The maximum atomic E-state index is 12.6. The summed E-state index contributed by atoms with van der Waals surface area (Å²) in [5, 5.41) is 7.23. The molecular formula is C28H25F3N4O3. The molecule has 0 radical (unpaired) electrons. The molecule has 10 heteroatoms. The van der Waals surface area contributed by atoms with Crippen LogP contribution < -0.4 is 15.4 Å². The highest BCUT2D eigenvalue weighted by Crippen LogP contribution is 2.33. The van der Waals surface area contributed by atoms with Gasteiger partial charge >= 0.3 is 12.4 Å². The molecule has 0 spiro atoms. The number of hydrogen-bond acceptors (Lipinski definition) is 5. The van der Waals surface area contributed by atoms with Crippen molar-refractivity contribution in [1.29, 1.82) is 0 Å². The number of nitrogens with zero attached hydrogens (tertiary/aromatic N) is 2. The molecule has 2 N–H and O–H groups in total. The number of alkyl halides is 3. The molecule has 2 heterocycles. The summed E-state index contributed by atoms with van der Waals surface area (Å²) in [6.45, 7) is 4.06. The van der Waals surface area contributed by atoms with Crippen molar-refractivity contribution in [2.45, 2.75) is 12.9 Å². The minimum absolute atomic E-state index is 0.321. The smallest absolute Gasteiger partial charge is 0.406 e. The van der Waals surface area contributed by atoms with Gasteiger partial charge in [-0.1, -0.05) is 36.4 Å². The molecule has 1 aromatic heterocycles. The summed E-state index contributed by atoms with van der Waals surface area (Å²) in [4.78, 5) is 19.6. The fourth-order valence-electron chi connectivity index (χ4n) is 4.35. The third-order valence-corrected chi connectivity index (χ3v) is 6.14. The van der Waals surface area contributed by atoms with E-state index in [1.165, 1.54) is 12.1 Å². The van der Waals surface area contributed by atoms with Crippen LogP contribution >= 0.6 is 0 Å². The van der Waals surface area contributed by atoms with Crippen molar-refractivity contribution in [2.24, 2.45) is 0 Å². The number of aromatic nitrogens is 1. The molecule has 0 bridgehead atoms. The molecule has 0 atom stereocenters. The van der Waals surface area contributed by atoms with Crippen molar-refractivity contribution < 1.29 is 27.4 Å². The van der Waals surface area contributed by atoms with Gasteiger partial charge in [0.2, 0.25) is 0 Å². The first-order valence-corrected chi connectivity index (χ1v) is 12.0. The van der Waals surface area contributed by atoms with Gasteiger partial charge in [-0.2, -0.15) is 0 Å². The van der Waals surface area contributed by atoms with Crippen LogP contribution in [0.4, 0.5) is 29.3 Å². The molecule has 196 valence electrons. The minimum atomic E-state index is -4.78. The monoisotopic (exact) mass is 522 g/mol. The maximum absolute atomic E-state index is 12.6. The number of carbonyl (C=O) groups excluding carboxylic acids is 1. The highest BCUT2D eigenvalue weighted by molar-refractivity contribution is 6.09. The molecule has 1 aliphatic rings. The molecule has 2 amide bonds. The zero-order valence-corrected chi connectivity index (χ0v) is 20.3. The highest BCUT2D eigenvalue weighted by atomic mass is 19.4. The Bertz CT molecular complexity index is 1400. The van der Waals surface area contributed by atoms with Crippen molar-refractivity contribution in [3.63, 3.8) is 0 Å². The second-order valence-electron chi connectivity index (χ2n) is 8.78. The number of pyridine rings is 1. The van der Waals surface area contributed by atoms with E-state index < -0.39 is 12.4 Å². The molecule has 0 unspecified atom stereocenters. The fourth-order valence-corrected chi connectivity index (χ4v) is 4.35. The summed E-state index contributed by atoms with van der Waals surface area (Å²) in [6, 6.07) is 19.9. The third kappa shape index (κ3) is 6.39. The van der Waals surface area contributed by atoms with Gasteiger partial charge in [0.05, 0.1) is 24.6 Å². The molecule has 1 fully saturated rings. The Morgan fingerprint density at radius 3 is 2.34 bits per heavy atom. The second kappa shape index (κ2) is 11.1. The maximum Gasteiger partial charge on any atom is 0.573 e. The number of hydrogen-bond donors (Lipinski definition) is 2. The third-order valence-electron chi connectivity index (χ3n) is 6.14. The van der Waals surface area contributed by atoms with Crippen LogP contribution in [0.1, 0.15) is 5.69 Å². The van der Waals surface area contributed by atoms with Gasteiger partial charge in [0.1, 0.15) is 5.75 Å². The summed E-state index contributed by atoms with van der Waals surface area (Å²) in [5.74, 6) is -0.367. The van der Waals surface area contributed by atoms with Crippen LogP contribution in [0.2, 0.25) is 0 Å². The first-order chi connectivity index (χ1) is 18.3. The van der Waals surface area contributed by atoms with Crippen LogP contribution in [-0.2, 0) is 11.3 Å². The number of rotatable bonds is 6. The predicted octanol–water partition coefficient (Wildman–Crippen LogP) is 6.28. The van der Waals surface area contributed by atoms with Gasteiger partial charge < -0.3 is 20.1 Å². The van der Waals surface area contributed by atoms with Gasteiger partial charge in [-0.15, -0.1) is 13.2 Å². The number of urea groups is 1. The lowest BCUT2D eigenvalue weighted by Crippen LogP contribution is -2.35. The Morgan fingerprint density at radius 1 is 0.921 bits per heavy atom. The van der Waals surface area contributed by atoms with Crippen molar-refractivity contribution >= 4 is 28.2 Å². The second-order valence-corrected chi connectivity index (χ2v) is 8.78. The first kappa shape index (κ1) is 25.5. The lowest BCUT2D eigenvalue weighted by Gasteiger charge is -2.26. The van der Waals surface area contributed by atoms with E-state index in [-0.39, 0.29) is 5.75 Å². The SMILES string of the molecule is O=C(Nc1ccc(OC(F)(F)F)cc1)Nc1ccc(-c2ccc(CN3CCOCC3)nc2)c2ccccc12. The minimum Gasteiger partial charge on any atom is -0.406 e. The Balaban J connectivity index is 1.30. The number of morpholine rings is 1. The average molecular weight is 523 g/mol. The van der Waals surface area contributed by atoms with E-state index in [4.69, 9.17) is 4.74 Å². The van der Waals surface area contributed by atoms with Gasteiger partial charge in [-0.3, -0.25) is 9.88 Å². The molecular weight excluding hydrogens is 497 g/mol. The molecule has 1 aliphatic heterocycles. The first-order valence-electron chi connectivity index (χ1n) is 12.0. The zero-order valence-electron chi connectivity index (χ0n) is 20.3. The summed E-state index contributed by atoms with van der Waals surface area (Å²) in [7, 11) is 0. The number of amides is 2. The molecule has 0 saturated carbocycles. The number of fused-ring (bicyclic) bond motifs is 1. The number of benzene rings is 3. The Kier molecular flexibility index (Phi) is 7.43. The summed E-state index contributed by atoms with van der Waals surface area (Å²) < 4.78 is 46.3. The van der Waals surface area contributed by atoms with Crippen molar-refractivity contribution in [3.05, 3.63) is 84.7 Å². The molecule has 4 aromatic rings. The van der Waals surface area contributed by atoms with Gasteiger partial charge in [0.25, 0.3) is 0 Å². The van der Waals surface area contributed by atoms with Crippen molar-refractivity contribution in [1.82, 2.24) is 9.88 Å². The molecule has 5 rings (SSSR count). The molecule has 0 aliphatic carbocycles. The van der Waals surface area contributed by atoms with Crippen LogP contribution in [0, 0.1) is 0 Å². The number of anilines is 2. The van der Waals surface area contributed by atoms with E-state index in [0.29, 0.717) is 11.4 Å². The van der Waals surface area contributed by atoms with Crippen LogP contribution in [0.15, 0.2) is 79.0 Å². The van der Waals surface area contributed by atoms with E-state index in [2.05, 4.69) is 31.3 Å². The standard InChI is InChI=1S/C28H25F3N4O3/c29-28(30,31)38-22-9-7-20(8-10-22)33-27(36)34-26-12-11-23(24-3-1-2-4-25(24)26)19-5-6-21(32-17-19)18-35-13-15-37-16-14-35/h1-12,17H,13-16,18H2,(H2,33,34,36). The Morgan fingerprint density at radius 2 is 1.66 bits per heavy atom. The van der Waals surface area contributed by atoms with Crippen LogP contribution in [0.25, 0.3) is 21.9 Å². The molecule has 38 heavy (non-hydrogen) atoms. The topological polar surface area (TPSA) is 75.7 Å². The average Bonchev–Trinajstić information content (AvgIpc) is 2.90.